The van der Waals surface area contributed by atoms with Gasteiger partial charge in [-0.1, -0.05) is 23.8 Å². The minimum atomic E-state index is -0.617. The maximum atomic E-state index is 12.7. The molecule has 34 heavy (non-hydrogen) atoms. The third-order valence-corrected chi connectivity index (χ3v) is 5.93. The first-order chi connectivity index (χ1) is 16.2. The van der Waals surface area contributed by atoms with Crippen molar-refractivity contribution in [1.82, 2.24) is 4.90 Å². The van der Waals surface area contributed by atoms with Crippen LogP contribution in [0.3, 0.4) is 0 Å². The van der Waals surface area contributed by atoms with E-state index in [1.54, 1.807) is 43.3 Å². The molecule has 0 bridgehead atoms. The first kappa shape index (κ1) is 23.0. The number of benzene rings is 2. The summed E-state index contributed by atoms with van der Waals surface area (Å²) in [6.07, 6.45) is 1.38. The molecule has 1 aliphatic heterocycles. The van der Waals surface area contributed by atoms with Crippen molar-refractivity contribution in [1.29, 1.82) is 0 Å². The zero-order chi connectivity index (χ0) is 24.4. The Morgan fingerprint density at radius 1 is 1.09 bits per heavy atom. The maximum absolute atomic E-state index is 12.7. The van der Waals surface area contributed by atoms with Crippen LogP contribution in [0.1, 0.15) is 16.9 Å². The van der Waals surface area contributed by atoms with Crippen LogP contribution >= 0.6 is 11.8 Å². The van der Waals surface area contributed by atoms with E-state index in [2.05, 4.69) is 5.32 Å². The van der Waals surface area contributed by atoms with Crippen LogP contribution in [0.15, 0.2) is 63.9 Å². The van der Waals surface area contributed by atoms with Crippen molar-refractivity contribution in [3.63, 3.8) is 0 Å². The fraction of sp³-hybridized carbons (Fsp3) is 0.125. The molecule has 0 aliphatic carbocycles. The minimum absolute atomic E-state index is 0.0902. The highest BCUT2D eigenvalue weighted by Gasteiger charge is 2.36. The molecular weight excluding hydrogens is 458 g/mol. The monoisotopic (exact) mass is 477 g/mol. The number of hydrogen-bond acceptors (Lipinski definition) is 7. The van der Waals surface area contributed by atoms with Gasteiger partial charge in [0.1, 0.15) is 18.1 Å². The first-order valence-corrected chi connectivity index (χ1v) is 11.0. The molecule has 0 saturated carbocycles. The normalized spacial score (nSPS) is 14.6. The van der Waals surface area contributed by atoms with Crippen molar-refractivity contribution in [3.8, 4) is 11.3 Å². The summed E-state index contributed by atoms with van der Waals surface area (Å²) < 4.78 is 5.70. The largest absolute Gasteiger partial charge is 0.456 e. The molecule has 3 aromatic rings. The molecular formula is C24H19N3O6S. The van der Waals surface area contributed by atoms with Gasteiger partial charge in [0.25, 0.3) is 16.8 Å². The molecule has 0 radical (unpaired) electrons. The number of aryl methyl sites for hydroxylation is 2. The van der Waals surface area contributed by atoms with Gasteiger partial charge in [-0.2, -0.15) is 0 Å². The Bertz CT molecular complexity index is 1340. The smallest absolute Gasteiger partial charge is 0.294 e. The number of hydrogen-bond donors (Lipinski definition) is 1. The van der Waals surface area contributed by atoms with Crippen molar-refractivity contribution >= 4 is 46.3 Å². The van der Waals surface area contributed by atoms with Crippen LogP contribution < -0.4 is 5.32 Å². The summed E-state index contributed by atoms with van der Waals surface area (Å²) >= 11 is 0.692. The minimum Gasteiger partial charge on any atom is -0.456 e. The molecule has 2 heterocycles. The third kappa shape index (κ3) is 4.91. The molecule has 0 unspecified atom stereocenters. The zero-order valence-corrected chi connectivity index (χ0v) is 19.0. The Hall–Kier alpha value is -4.18. The Balaban J connectivity index is 1.49. The second-order valence-electron chi connectivity index (χ2n) is 7.66. The van der Waals surface area contributed by atoms with Crippen LogP contribution in [0, 0.1) is 24.0 Å². The fourth-order valence-corrected chi connectivity index (χ4v) is 4.14. The average Bonchev–Trinajstić information content (AvgIpc) is 3.35. The molecule has 10 heteroatoms. The number of thioether (sulfide) groups is 1. The molecule has 1 aromatic heterocycles. The highest BCUT2D eigenvalue weighted by molar-refractivity contribution is 8.18. The van der Waals surface area contributed by atoms with Crippen molar-refractivity contribution < 1.29 is 23.7 Å². The van der Waals surface area contributed by atoms with Crippen molar-refractivity contribution in [2.75, 3.05) is 11.9 Å². The summed E-state index contributed by atoms with van der Waals surface area (Å²) in [4.78, 5) is 49.2. The molecule has 2 aromatic carbocycles. The fourth-order valence-electron chi connectivity index (χ4n) is 3.32. The van der Waals surface area contributed by atoms with Crippen molar-refractivity contribution in [2.45, 2.75) is 13.8 Å². The topological polar surface area (TPSA) is 123 Å². The van der Waals surface area contributed by atoms with Gasteiger partial charge in [-0.3, -0.25) is 29.4 Å². The van der Waals surface area contributed by atoms with Crippen LogP contribution in [0.4, 0.5) is 16.2 Å². The van der Waals surface area contributed by atoms with E-state index in [0.29, 0.717) is 23.0 Å². The standard InChI is InChI=1S/C24H19N3O6S/c1-14-3-6-16(7-4-14)25-22(28)13-26-23(29)21(34-24(26)30)12-17-8-10-20(33-17)18-9-5-15(2)11-19(18)27(31)32/h3-12H,13H2,1-2H3,(H,25,28)/b21-12+. The van der Waals surface area contributed by atoms with Gasteiger partial charge in [-0.15, -0.1) is 0 Å². The lowest BCUT2D eigenvalue weighted by Crippen LogP contribution is -2.36. The van der Waals surface area contributed by atoms with E-state index in [1.807, 2.05) is 19.1 Å². The highest BCUT2D eigenvalue weighted by Crippen LogP contribution is 2.35. The Labute approximate surface area is 198 Å². The summed E-state index contributed by atoms with van der Waals surface area (Å²) in [7, 11) is 0. The lowest BCUT2D eigenvalue weighted by atomic mass is 10.1. The van der Waals surface area contributed by atoms with Gasteiger partial charge in [0.15, 0.2) is 0 Å². The van der Waals surface area contributed by atoms with Crippen LogP contribution in [0.5, 0.6) is 0 Å². The number of nitro benzene ring substituents is 1. The number of imide groups is 1. The van der Waals surface area contributed by atoms with E-state index in [1.165, 1.54) is 12.1 Å². The van der Waals surface area contributed by atoms with Crippen LogP contribution in [0.2, 0.25) is 0 Å². The van der Waals surface area contributed by atoms with Gasteiger partial charge in [0, 0.05) is 17.8 Å². The van der Waals surface area contributed by atoms with E-state index in [0.717, 1.165) is 16.0 Å². The SMILES string of the molecule is Cc1ccc(NC(=O)CN2C(=O)S/C(=C/c3ccc(-c4ccc(C)cc4[N+](=O)[O-])o3)C2=O)cc1. The summed E-state index contributed by atoms with van der Waals surface area (Å²) in [5.74, 6) is -0.609. The Morgan fingerprint density at radius 3 is 2.50 bits per heavy atom. The van der Waals surface area contributed by atoms with Crippen LogP contribution in [0.25, 0.3) is 17.4 Å². The van der Waals surface area contributed by atoms with Crippen molar-refractivity contribution in [2.24, 2.45) is 0 Å². The lowest BCUT2D eigenvalue weighted by molar-refractivity contribution is -0.384. The second kappa shape index (κ2) is 9.36. The summed E-state index contributed by atoms with van der Waals surface area (Å²) in [5.41, 5.74) is 2.54. The Kier molecular flexibility index (Phi) is 6.33. The maximum Gasteiger partial charge on any atom is 0.294 e. The van der Waals surface area contributed by atoms with Gasteiger partial charge in [-0.05, 0) is 61.5 Å². The molecule has 1 N–H and O–H groups in total. The van der Waals surface area contributed by atoms with E-state index < -0.39 is 28.5 Å². The highest BCUT2D eigenvalue weighted by atomic mass is 32.2. The van der Waals surface area contributed by atoms with Gasteiger partial charge in [-0.25, -0.2) is 0 Å². The van der Waals surface area contributed by atoms with E-state index in [-0.39, 0.29) is 22.1 Å². The number of nitro groups is 1. The second-order valence-corrected chi connectivity index (χ2v) is 8.65. The molecule has 1 saturated heterocycles. The number of carbonyl (C=O) groups excluding carboxylic acids is 3. The average molecular weight is 477 g/mol. The van der Waals surface area contributed by atoms with Gasteiger partial charge >= 0.3 is 0 Å². The van der Waals surface area contributed by atoms with E-state index in [4.69, 9.17) is 4.42 Å². The third-order valence-electron chi connectivity index (χ3n) is 5.03. The van der Waals surface area contributed by atoms with Crippen LogP contribution in [-0.2, 0) is 9.59 Å². The molecule has 9 nitrogen and oxygen atoms in total. The molecule has 3 amide bonds. The predicted molar refractivity (Wildman–Crippen MR) is 128 cm³/mol. The number of furan rings is 1. The van der Waals surface area contributed by atoms with Gasteiger partial charge in [0.2, 0.25) is 5.91 Å². The first-order valence-electron chi connectivity index (χ1n) is 10.2. The number of carbonyl (C=O) groups is 3. The summed E-state index contributed by atoms with van der Waals surface area (Å²) in [6, 6.07) is 15.0. The predicted octanol–water partition coefficient (Wildman–Crippen LogP) is 5.15. The van der Waals surface area contributed by atoms with Crippen LogP contribution in [-0.4, -0.2) is 33.4 Å². The quantitative estimate of drug-likeness (QED) is 0.296. The zero-order valence-electron chi connectivity index (χ0n) is 18.2. The van der Waals surface area contributed by atoms with Crippen molar-refractivity contribution in [3.05, 3.63) is 86.5 Å². The van der Waals surface area contributed by atoms with Gasteiger partial charge in [0.05, 0.1) is 15.4 Å². The molecule has 1 fully saturated rings. The lowest BCUT2D eigenvalue weighted by Gasteiger charge is -2.12. The number of rotatable bonds is 6. The summed E-state index contributed by atoms with van der Waals surface area (Å²) in [5, 5.41) is 13.5. The number of anilines is 1. The number of nitrogens with zero attached hydrogens (tertiary/aromatic N) is 2. The number of amides is 3. The molecule has 0 spiro atoms. The molecule has 4 rings (SSSR count). The number of nitrogens with one attached hydrogen (secondary N) is 1. The van der Waals surface area contributed by atoms with E-state index >= 15 is 0 Å². The Morgan fingerprint density at radius 2 is 1.79 bits per heavy atom. The molecule has 172 valence electrons. The summed E-state index contributed by atoms with van der Waals surface area (Å²) in [6.45, 7) is 3.25. The van der Waals surface area contributed by atoms with Gasteiger partial charge < -0.3 is 9.73 Å². The molecule has 0 atom stereocenters. The molecule has 1 aliphatic rings. The van der Waals surface area contributed by atoms with E-state index in [9.17, 15) is 24.5 Å².